The monoisotopic (exact) mass is 473 g/mol. The fourth-order valence-corrected chi connectivity index (χ4v) is 4.91. The Hall–Kier alpha value is -2.66. The number of carbonyl (C=O) groups excluding carboxylic acids is 2. The molecule has 1 aromatic heterocycles. The molecule has 1 aliphatic carbocycles. The summed E-state index contributed by atoms with van der Waals surface area (Å²) < 4.78 is 5.56. The van der Waals surface area contributed by atoms with Crippen molar-refractivity contribution < 1.29 is 14.0 Å². The van der Waals surface area contributed by atoms with Crippen LogP contribution in [0, 0.1) is 11.3 Å². The van der Waals surface area contributed by atoms with Crippen LogP contribution in [0.15, 0.2) is 62.9 Å². The van der Waals surface area contributed by atoms with Crippen molar-refractivity contribution in [1.29, 1.82) is 5.26 Å². The van der Waals surface area contributed by atoms with Crippen molar-refractivity contribution in [2.24, 2.45) is 0 Å². The maximum atomic E-state index is 12.7. The average molecular weight is 474 g/mol. The molecule has 0 bridgehead atoms. The second kappa shape index (κ2) is 9.23. The van der Waals surface area contributed by atoms with E-state index >= 15 is 0 Å². The number of anilines is 1. The number of carbonyl (C=O) groups is 2. The van der Waals surface area contributed by atoms with E-state index in [1.807, 2.05) is 0 Å². The molecule has 31 heavy (non-hydrogen) atoms. The summed E-state index contributed by atoms with van der Waals surface area (Å²) >= 11 is 13.3. The molecule has 0 saturated carbocycles. The molecule has 0 unspecified atom stereocenters. The van der Waals surface area contributed by atoms with Crippen LogP contribution in [0.1, 0.15) is 30.9 Å². The number of hydrogen-bond acceptors (Lipinski definition) is 6. The second-order valence-corrected chi connectivity index (χ2v) is 8.81. The summed E-state index contributed by atoms with van der Waals surface area (Å²) in [7, 11) is 0. The molecule has 0 radical (unpaired) electrons. The van der Waals surface area contributed by atoms with Gasteiger partial charge in [0.05, 0.1) is 50.3 Å². The van der Waals surface area contributed by atoms with Crippen LogP contribution in [0.5, 0.6) is 0 Å². The number of allylic oxidation sites excluding steroid dienone is 3. The summed E-state index contributed by atoms with van der Waals surface area (Å²) in [5.74, 6) is -0.279. The van der Waals surface area contributed by atoms with Crippen molar-refractivity contribution in [2.45, 2.75) is 25.2 Å². The molecular formula is C22H17Cl2N3O3S. The largest absolute Gasteiger partial charge is 0.468 e. The maximum Gasteiger partial charge on any atom is 0.234 e. The summed E-state index contributed by atoms with van der Waals surface area (Å²) in [6.45, 7) is 0. The maximum absolute atomic E-state index is 12.7. The van der Waals surface area contributed by atoms with Gasteiger partial charge in [0.15, 0.2) is 5.78 Å². The molecule has 1 amide bonds. The molecule has 0 spiro atoms. The predicted molar refractivity (Wildman–Crippen MR) is 121 cm³/mol. The zero-order valence-corrected chi connectivity index (χ0v) is 18.5. The Morgan fingerprint density at radius 1 is 1.29 bits per heavy atom. The first-order valence-electron chi connectivity index (χ1n) is 9.57. The predicted octanol–water partition coefficient (Wildman–Crippen LogP) is 5.39. The van der Waals surface area contributed by atoms with E-state index in [0.717, 1.165) is 12.1 Å². The van der Waals surface area contributed by atoms with E-state index in [1.165, 1.54) is 18.0 Å². The van der Waals surface area contributed by atoms with Gasteiger partial charge in [-0.15, -0.1) is 0 Å². The average Bonchev–Trinajstić information content (AvgIpc) is 3.29. The minimum Gasteiger partial charge on any atom is -0.468 e. The third-order valence-corrected chi connectivity index (χ3v) is 6.90. The molecule has 1 aliphatic heterocycles. The summed E-state index contributed by atoms with van der Waals surface area (Å²) in [5.41, 5.74) is 2.15. The van der Waals surface area contributed by atoms with Gasteiger partial charge in [-0.1, -0.05) is 41.0 Å². The molecular weight excluding hydrogens is 457 g/mol. The summed E-state index contributed by atoms with van der Waals surface area (Å²) in [6.07, 6.45) is 3.41. The van der Waals surface area contributed by atoms with Crippen molar-refractivity contribution in [3.63, 3.8) is 0 Å². The third kappa shape index (κ3) is 4.38. The quantitative estimate of drug-likeness (QED) is 0.604. The Morgan fingerprint density at radius 3 is 2.87 bits per heavy atom. The van der Waals surface area contributed by atoms with Gasteiger partial charge in [0.25, 0.3) is 0 Å². The number of nitrogens with zero attached hydrogens (tertiary/aromatic N) is 1. The number of nitrogens with one attached hydrogen (secondary N) is 2. The van der Waals surface area contributed by atoms with Gasteiger partial charge in [0, 0.05) is 17.7 Å². The molecule has 2 aromatic rings. The highest BCUT2D eigenvalue weighted by Gasteiger charge is 2.38. The van der Waals surface area contributed by atoms with E-state index in [9.17, 15) is 14.9 Å². The lowest BCUT2D eigenvalue weighted by molar-refractivity contribution is -0.116. The minimum absolute atomic E-state index is 0.0142. The molecule has 2 aliphatic rings. The standard InChI is InChI=1S/C22H17Cl2N3O3S/c23-13-4-1-6-15(21(13)24)26-18(29)11-31-22-12(10-25)19(17-8-3-9-30-17)20-14(27-22)5-2-7-16(20)28/h1,3-4,6,8-9,19,27H,2,5,7,11H2,(H,26,29)/t19-/m1/s1. The van der Waals surface area contributed by atoms with Crippen LogP contribution in [-0.4, -0.2) is 17.4 Å². The zero-order valence-electron chi connectivity index (χ0n) is 16.2. The first kappa shape index (κ1) is 21.6. The van der Waals surface area contributed by atoms with E-state index in [-0.39, 0.29) is 22.5 Å². The molecule has 2 heterocycles. The van der Waals surface area contributed by atoms with Gasteiger partial charge in [-0.3, -0.25) is 9.59 Å². The number of Topliss-reactive ketones (excluding diaryl/α,β-unsaturated/α-hetero) is 1. The Morgan fingerprint density at radius 2 is 2.13 bits per heavy atom. The zero-order chi connectivity index (χ0) is 22.0. The number of thioether (sulfide) groups is 1. The van der Waals surface area contributed by atoms with E-state index < -0.39 is 5.92 Å². The van der Waals surface area contributed by atoms with Gasteiger partial charge >= 0.3 is 0 Å². The molecule has 1 atom stereocenters. The van der Waals surface area contributed by atoms with Crippen molar-refractivity contribution in [3.8, 4) is 6.07 Å². The Kier molecular flexibility index (Phi) is 6.42. The molecule has 158 valence electrons. The molecule has 6 nitrogen and oxygen atoms in total. The third-order valence-electron chi connectivity index (χ3n) is 5.06. The molecule has 2 N–H and O–H groups in total. The number of dihydropyridines is 1. The van der Waals surface area contributed by atoms with Crippen LogP contribution >= 0.6 is 35.0 Å². The van der Waals surface area contributed by atoms with Gasteiger partial charge in [-0.25, -0.2) is 0 Å². The second-order valence-electron chi connectivity index (χ2n) is 7.04. The van der Waals surface area contributed by atoms with E-state index in [4.69, 9.17) is 27.6 Å². The fraction of sp³-hybridized carbons (Fsp3) is 0.227. The number of rotatable bonds is 5. The van der Waals surface area contributed by atoms with Gasteiger partial charge in [-0.2, -0.15) is 5.26 Å². The number of halogens is 2. The highest BCUT2D eigenvalue weighted by atomic mass is 35.5. The van der Waals surface area contributed by atoms with Crippen LogP contribution in [0.25, 0.3) is 0 Å². The van der Waals surface area contributed by atoms with Crippen LogP contribution < -0.4 is 10.6 Å². The van der Waals surface area contributed by atoms with Gasteiger partial charge < -0.3 is 15.1 Å². The van der Waals surface area contributed by atoms with Crippen LogP contribution in [-0.2, 0) is 9.59 Å². The topological polar surface area (TPSA) is 95.1 Å². The van der Waals surface area contributed by atoms with E-state index in [0.29, 0.717) is 45.5 Å². The number of ketones is 1. The molecule has 4 rings (SSSR count). The number of furan rings is 1. The first-order valence-corrected chi connectivity index (χ1v) is 11.3. The van der Waals surface area contributed by atoms with Crippen molar-refractivity contribution >= 4 is 52.3 Å². The molecule has 9 heteroatoms. The van der Waals surface area contributed by atoms with Crippen LogP contribution in [0.2, 0.25) is 10.0 Å². The minimum atomic E-state index is -0.572. The van der Waals surface area contributed by atoms with Crippen molar-refractivity contribution in [3.05, 3.63) is 74.3 Å². The highest BCUT2D eigenvalue weighted by Crippen LogP contribution is 2.44. The molecule has 1 aromatic carbocycles. The summed E-state index contributed by atoms with van der Waals surface area (Å²) in [4.78, 5) is 25.2. The number of benzene rings is 1. The Balaban J connectivity index is 1.58. The first-order chi connectivity index (χ1) is 15.0. The van der Waals surface area contributed by atoms with Gasteiger partial charge in [0.2, 0.25) is 5.91 Å². The summed E-state index contributed by atoms with van der Waals surface area (Å²) in [6, 6.07) is 10.7. The molecule has 0 saturated heterocycles. The van der Waals surface area contributed by atoms with Gasteiger partial charge in [0.1, 0.15) is 5.76 Å². The summed E-state index contributed by atoms with van der Waals surface area (Å²) in [5, 5.41) is 17.0. The van der Waals surface area contributed by atoms with Gasteiger partial charge in [-0.05, 0) is 37.1 Å². The van der Waals surface area contributed by atoms with E-state index in [1.54, 1.807) is 30.3 Å². The normalized spacial score (nSPS) is 18.4. The lowest BCUT2D eigenvalue weighted by Gasteiger charge is -2.32. The Bertz CT molecular complexity index is 1150. The van der Waals surface area contributed by atoms with Crippen molar-refractivity contribution in [1.82, 2.24) is 5.32 Å². The molecule has 0 fully saturated rings. The number of hydrogen-bond donors (Lipinski definition) is 2. The van der Waals surface area contributed by atoms with Crippen LogP contribution in [0.4, 0.5) is 5.69 Å². The number of amides is 1. The van der Waals surface area contributed by atoms with E-state index in [2.05, 4.69) is 16.7 Å². The smallest absolute Gasteiger partial charge is 0.234 e. The van der Waals surface area contributed by atoms with Crippen molar-refractivity contribution in [2.75, 3.05) is 11.1 Å². The Labute approximate surface area is 193 Å². The number of nitriles is 1. The lowest BCUT2D eigenvalue weighted by Crippen LogP contribution is -2.31. The van der Waals surface area contributed by atoms with Crippen LogP contribution in [0.3, 0.4) is 0 Å². The lowest BCUT2D eigenvalue weighted by atomic mass is 9.79. The highest BCUT2D eigenvalue weighted by molar-refractivity contribution is 8.03. The fourth-order valence-electron chi connectivity index (χ4n) is 3.70. The SMILES string of the molecule is N#CC1=C(SCC(=O)Nc2cccc(Cl)c2Cl)NC2=C(C(=O)CCC2)[C@H]1c1ccco1.